The summed E-state index contributed by atoms with van der Waals surface area (Å²) in [6.45, 7) is 6.79. The Hall–Kier alpha value is -0.195. The largest absolute Gasteiger partial charge is 0.756 e. The topological polar surface area (TPSA) is 84.9 Å². The third-order valence-electron chi connectivity index (χ3n) is 2.44. The van der Waals surface area contributed by atoms with Crippen molar-refractivity contribution < 1.29 is 28.0 Å². The van der Waals surface area contributed by atoms with Gasteiger partial charge in [0.25, 0.3) is 7.82 Å². The Kier molecular flexibility index (Phi) is 5.38. The van der Waals surface area contributed by atoms with Crippen LogP contribution in [0.15, 0.2) is 0 Å². The van der Waals surface area contributed by atoms with Crippen LogP contribution in [0.2, 0.25) is 0 Å². The first-order valence-corrected chi connectivity index (χ1v) is 7.52. The van der Waals surface area contributed by atoms with Crippen molar-refractivity contribution in [2.45, 2.75) is 52.3 Å². The maximum absolute atomic E-state index is 11.7. The van der Waals surface area contributed by atoms with Crippen LogP contribution in [-0.4, -0.2) is 38.4 Å². The van der Waals surface area contributed by atoms with Crippen molar-refractivity contribution in [2.24, 2.45) is 5.41 Å². The van der Waals surface area contributed by atoms with Crippen LogP contribution in [0.3, 0.4) is 0 Å². The molecule has 4 atom stereocenters. The number of ketones is 1. The molecule has 2 radical (unpaired) electrons. The highest BCUT2D eigenvalue weighted by Gasteiger charge is 2.38. The average Bonchev–Trinajstić information content (AvgIpc) is 2.55. The normalized spacial score (nSPS) is 31.1. The molecule has 0 aromatic rings. The highest BCUT2D eigenvalue weighted by Crippen LogP contribution is 2.44. The first kappa shape index (κ1) is 16.9. The molecule has 0 amide bonds. The van der Waals surface area contributed by atoms with E-state index in [0.717, 1.165) is 0 Å². The van der Waals surface area contributed by atoms with Crippen molar-refractivity contribution in [3.05, 3.63) is 0 Å². The molecule has 1 heterocycles. The molecule has 1 fully saturated rings. The van der Waals surface area contributed by atoms with Gasteiger partial charge in [0.1, 0.15) is 20.1 Å². The van der Waals surface area contributed by atoms with E-state index < -0.39 is 26.0 Å². The smallest absolute Gasteiger partial charge is 0.268 e. The monoisotopic (exact) mass is 289 g/mol. The van der Waals surface area contributed by atoms with E-state index in [0.29, 0.717) is 0 Å². The SMILES string of the molecule is [B][C@H]1CC(OP(=O)([O-])OCC(C)(C)C)[C@@H](C(C)=O)O1. The molecule has 0 aromatic carbocycles. The Morgan fingerprint density at radius 1 is 1.53 bits per heavy atom. The first-order chi connectivity index (χ1) is 8.50. The van der Waals surface area contributed by atoms with E-state index in [1.807, 2.05) is 20.8 Å². The van der Waals surface area contributed by atoms with Gasteiger partial charge in [-0.1, -0.05) is 20.8 Å². The second kappa shape index (κ2) is 6.06. The van der Waals surface area contributed by atoms with Crippen molar-refractivity contribution >= 4 is 21.5 Å². The summed E-state index contributed by atoms with van der Waals surface area (Å²) in [5, 5.41) is 0. The van der Waals surface area contributed by atoms with Crippen LogP contribution in [0.4, 0.5) is 0 Å². The first-order valence-electron chi connectivity index (χ1n) is 6.06. The summed E-state index contributed by atoms with van der Waals surface area (Å²) in [7, 11) is 1.05. The summed E-state index contributed by atoms with van der Waals surface area (Å²) >= 11 is 0. The second-order valence-corrected chi connectivity index (χ2v) is 7.23. The molecule has 0 saturated carbocycles. The number of ether oxygens (including phenoxy) is 1. The van der Waals surface area contributed by atoms with Crippen LogP contribution in [0, 0.1) is 5.41 Å². The number of rotatable bonds is 5. The second-order valence-electron chi connectivity index (χ2n) is 5.87. The van der Waals surface area contributed by atoms with Crippen molar-refractivity contribution in [1.82, 2.24) is 0 Å². The van der Waals surface area contributed by atoms with Gasteiger partial charge < -0.3 is 18.7 Å². The van der Waals surface area contributed by atoms with E-state index in [2.05, 4.69) is 0 Å². The number of hydrogen-bond acceptors (Lipinski definition) is 6. The molecule has 0 N–H and O–H groups in total. The highest BCUT2D eigenvalue weighted by molar-refractivity contribution is 7.45. The minimum absolute atomic E-state index is 0.00184. The third-order valence-corrected chi connectivity index (χ3v) is 3.42. The molecule has 0 aliphatic carbocycles. The van der Waals surface area contributed by atoms with Gasteiger partial charge in [-0.2, -0.15) is 0 Å². The Morgan fingerprint density at radius 3 is 2.58 bits per heavy atom. The molecular formula is C11H19BO6P-. The minimum Gasteiger partial charge on any atom is -0.756 e. The summed E-state index contributed by atoms with van der Waals surface area (Å²) in [4.78, 5) is 23.0. The maximum atomic E-state index is 11.7. The summed E-state index contributed by atoms with van der Waals surface area (Å²) in [5.41, 5.74) is -0.314. The zero-order valence-electron chi connectivity index (χ0n) is 11.6. The molecule has 19 heavy (non-hydrogen) atoms. The fourth-order valence-electron chi connectivity index (χ4n) is 1.61. The highest BCUT2D eigenvalue weighted by atomic mass is 31.2. The van der Waals surface area contributed by atoms with Gasteiger partial charge in [-0.3, -0.25) is 9.36 Å². The number of carbonyl (C=O) groups is 1. The van der Waals surface area contributed by atoms with Gasteiger partial charge in [0.15, 0.2) is 5.78 Å². The Bertz CT molecular complexity index is 380. The molecule has 6 nitrogen and oxygen atoms in total. The van der Waals surface area contributed by atoms with Crippen LogP contribution < -0.4 is 4.89 Å². The van der Waals surface area contributed by atoms with Gasteiger partial charge in [-0.25, -0.2) is 0 Å². The van der Waals surface area contributed by atoms with Crippen molar-refractivity contribution in [2.75, 3.05) is 6.61 Å². The molecule has 1 rings (SSSR count). The third kappa shape index (κ3) is 5.75. The van der Waals surface area contributed by atoms with Crippen molar-refractivity contribution in [1.29, 1.82) is 0 Å². The lowest BCUT2D eigenvalue weighted by molar-refractivity contribution is -0.232. The van der Waals surface area contributed by atoms with Crippen LogP contribution in [0.1, 0.15) is 34.1 Å². The maximum Gasteiger partial charge on any atom is 0.268 e. The van der Waals surface area contributed by atoms with E-state index in [9.17, 15) is 14.3 Å². The molecular weight excluding hydrogens is 270 g/mol. The summed E-state index contributed by atoms with van der Waals surface area (Å²) in [6.07, 6.45) is -1.75. The molecule has 2 unspecified atom stereocenters. The molecule has 0 aromatic heterocycles. The lowest BCUT2D eigenvalue weighted by Crippen LogP contribution is -2.32. The van der Waals surface area contributed by atoms with Crippen molar-refractivity contribution in [3.63, 3.8) is 0 Å². The Labute approximate surface area is 114 Å². The lowest BCUT2D eigenvalue weighted by atomic mass is 9.96. The van der Waals surface area contributed by atoms with Crippen molar-refractivity contribution in [3.8, 4) is 0 Å². The van der Waals surface area contributed by atoms with E-state index in [1.165, 1.54) is 6.92 Å². The van der Waals surface area contributed by atoms with Gasteiger partial charge in [-0.05, 0) is 18.8 Å². The molecule has 1 saturated heterocycles. The molecule has 0 bridgehead atoms. The number of phosphoric ester groups is 1. The number of Topliss-reactive ketones (excluding diaryl/α,β-unsaturated/α-hetero) is 1. The molecule has 1 aliphatic heterocycles. The predicted octanol–water partition coefficient (Wildman–Crippen LogP) is 0.775. The summed E-state index contributed by atoms with van der Waals surface area (Å²) in [5.74, 6) is -0.325. The van der Waals surface area contributed by atoms with Gasteiger partial charge >= 0.3 is 0 Å². The van der Waals surface area contributed by atoms with Gasteiger partial charge in [0.05, 0.1) is 6.61 Å². The fourth-order valence-corrected chi connectivity index (χ4v) is 2.74. The molecule has 1 aliphatic rings. The summed E-state index contributed by atoms with van der Waals surface area (Å²) < 4.78 is 26.5. The van der Waals surface area contributed by atoms with Gasteiger partial charge in [-0.15, -0.1) is 0 Å². The number of hydrogen-bond donors (Lipinski definition) is 0. The standard InChI is InChI=1S/C11H20BO6P/c1-7(13)10-8(5-9(12)17-10)18-19(14,15)16-6-11(2,3)4/h8-10H,5-6H2,1-4H3,(H,14,15)/p-1/t8?,9-,10-/m1/s1. The van der Waals surface area contributed by atoms with E-state index in [-0.39, 0.29) is 24.2 Å². The molecule has 108 valence electrons. The molecule has 8 heteroatoms. The van der Waals surface area contributed by atoms with Crippen LogP contribution in [0.5, 0.6) is 0 Å². The van der Waals surface area contributed by atoms with Gasteiger partial charge in [0.2, 0.25) is 0 Å². The Balaban J connectivity index is 2.61. The lowest BCUT2D eigenvalue weighted by Gasteiger charge is -2.30. The van der Waals surface area contributed by atoms with Crippen LogP contribution >= 0.6 is 7.82 Å². The number of phosphoric acid groups is 1. The average molecular weight is 289 g/mol. The quantitative estimate of drug-likeness (QED) is 0.549. The number of carbonyl (C=O) groups excluding carboxylic acids is 1. The van der Waals surface area contributed by atoms with Crippen LogP contribution in [-0.2, 0) is 23.1 Å². The van der Waals surface area contributed by atoms with E-state index >= 15 is 0 Å². The zero-order valence-corrected chi connectivity index (χ0v) is 12.5. The predicted molar refractivity (Wildman–Crippen MR) is 67.6 cm³/mol. The van der Waals surface area contributed by atoms with E-state index in [4.69, 9.17) is 21.6 Å². The Morgan fingerprint density at radius 2 is 2.11 bits per heavy atom. The van der Waals surface area contributed by atoms with E-state index in [1.54, 1.807) is 0 Å². The minimum atomic E-state index is -4.48. The summed E-state index contributed by atoms with van der Waals surface area (Å²) in [6, 6.07) is -0.707. The fraction of sp³-hybridized carbons (Fsp3) is 0.909. The molecule has 0 spiro atoms. The zero-order chi connectivity index (χ0) is 14.8. The van der Waals surface area contributed by atoms with Gasteiger partial charge in [0, 0.05) is 6.00 Å². The van der Waals surface area contributed by atoms with Crippen LogP contribution in [0.25, 0.3) is 0 Å².